The van der Waals surface area contributed by atoms with Gasteiger partial charge in [0, 0.05) is 17.6 Å². The Labute approximate surface area is 123 Å². The number of rotatable bonds is 4. The minimum Gasteiger partial charge on any atom is -0.299 e. The maximum absolute atomic E-state index is 10.9. The normalized spacial score (nSPS) is 16.4. The number of hydrogen-bond acceptors (Lipinski definition) is 3. The van der Waals surface area contributed by atoms with Crippen molar-refractivity contribution in [3.8, 4) is 0 Å². The van der Waals surface area contributed by atoms with Crippen LogP contribution in [0.1, 0.15) is 23.1 Å². The summed E-state index contributed by atoms with van der Waals surface area (Å²) in [5.74, 6) is 0.0652. The summed E-state index contributed by atoms with van der Waals surface area (Å²) < 4.78 is 23.0. The zero-order chi connectivity index (χ0) is 14.0. The largest absolute Gasteiger partial charge is 0.299 e. The molecule has 0 atom stereocenters. The molecule has 0 spiro atoms. The first kappa shape index (κ1) is 15.0. The number of hydrogen-bond donors (Lipinski definition) is 1. The number of sulfonamides is 1. The number of fused-ring (bicyclic) bond motifs is 1. The summed E-state index contributed by atoms with van der Waals surface area (Å²) in [6, 6.07) is 4.32. The average molecular weight is 347 g/mol. The molecule has 1 aliphatic heterocycles. The Kier molecular flexibility index (Phi) is 4.66. The minimum atomic E-state index is -3.33. The van der Waals surface area contributed by atoms with Gasteiger partial charge in [0.15, 0.2) is 0 Å². The van der Waals surface area contributed by atoms with Crippen molar-refractivity contribution in [2.24, 2.45) is 5.14 Å². The van der Waals surface area contributed by atoms with E-state index >= 15 is 0 Å². The molecule has 1 heterocycles. The molecule has 0 saturated heterocycles. The Balaban J connectivity index is 1.98. The molecular weight excluding hydrogens is 328 g/mol. The molecule has 1 aromatic rings. The molecule has 0 fully saturated rings. The van der Waals surface area contributed by atoms with Crippen molar-refractivity contribution in [2.45, 2.75) is 26.3 Å². The Morgan fingerprint density at radius 2 is 2.16 bits per heavy atom. The summed E-state index contributed by atoms with van der Waals surface area (Å²) in [5.41, 5.74) is 4.07. The zero-order valence-electron chi connectivity index (χ0n) is 11.0. The highest BCUT2D eigenvalue weighted by atomic mass is 79.9. The molecule has 1 aliphatic rings. The van der Waals surface area contributed by atoms with Crippen LogP contribution in [-0.2, 0) is 23.0 Å². The van der Waals surface area contributed by atoms with E-state index in [2.05, 4.69) is 39.9 Å². The predicted octanol–water partition coefficient (Wildman–Crippen LogP) is 1.79. The van der Waals surface area contributed by atoms with Crippen LogP contribution in [0.5, 0.6) is 0 Å². The van der Waals surface area contributed by atoms with Crippen LogP contribution in [0.2, 0.25) is 0 Å². The van der Waals surface area contributed by atoms with Crippen molar-refractivity contribution < 1.29 is 8.42 Å². The smallest absolute Gasteiger partial charge is 0.209 e. The second-order valence-corrected chi connectivity index (χ2v) is 7.76. The third kappa shape index (κ3) is 4.27. The second-order valence-electron chi connectivity index (χ2n) is 5.11. The van der Waals surface area contributed by atoms with Gasteiger partial charge in [-0.05, 0) is 55.1 Å². The lowest BCUT2D eigenvalue weighted by Crippen LogP contribution is -2.33. The van der Waals surface area contributed by atoms with E-state index in [0.29, 0.717) is 6.42 Å². The molecule has 6 heteroatoms. The van der Waals surface area contributed by atoms with Gasteiger partial charge >= 0.3 is 0 Å². The quantitative estimate of drug-likeness (QED) is 0.903. The molecule has 2 rings (SSSR count). The molecule has 0 bridgehead atoms. The first-order valence-electron chi connectivity index (χ1n) is 6.36. The van der Waals surface area contributed by atoms with Gasteiger partial charge < -0.3 is 0 Å². The Morgan fingerprint density at radius 1 is 1.42 bits per heavy atom. The van der Waals surface area contributed by atoms with Gasteiger partial charge in [0.05, 0.1) is 5.75 Å². The van der Waals surface area contributed by atoms with E-state index in [9.17, 15) is 8.42 Å². The van der Waals surface area contributed by atoms with Crippen molar-refractivity contribution in [3.63, 3.8) is 0 Å². The number of aryl methyl sites for hydroxylation is 1. The van der Waals surface area contributed by atoms with Crippen molar-refractivity contribution in [1.82, 2.24) is 4.90 Å². The topological polar surface area (TPSA) is 63.4 Å². The van der Waals surface area contributed by atoms with Crippen LogP contribution < -0.4 is 5.14 Å². The third-order valence-corrected chi connectivity index (χ3v) is 4.83. The molecule has 0 amide bonds. The predicted molar refractivity (Wildman–Crippen MR) is 80.5 cm³/mol. The average Bonchev–Trinajstić information content (AvgIpc) is 2.28. The van der Waals surface area contributed by atoms with E-state index in [1.54, 1.807) is 0 Å². The summed E-state index contributed by atoms with van der Waals surface area (Å²) in [4.78, 5) is 2.30. The maximum Gasteiger partial charge on any atom is 0.209 e. The number of benzene rings is 1. The highest BCUT2D eigenvalue weighted by Crippen LogP contribution is 2.26. The molecule has 4 nitrogen and oxygen atoms in total. The summed E-state index contributed by atoms with van der Waals surface area (Å²) in [5, 5.41) is 5.02. The van der Waals surface area contributed by atoms with Crippen molar-refractivity contribution >= 4 is 26.0 Å². The second kappa shape index (κ2) is 5.91. The van der Waals surface area contributed by atoms with Crippen LogP contribution in [-0.4, -0.2) is 32.2 Å². The standard InChI is InChI=1S/C13H19BrN2O2S/c1-10-7-12(14)8-11-3-5-16(9-13(10)11)4-2-6-19(15,17)18/h7-8H,2-6,9H2,1H3,(H2,15,17,18). The zero-order valence-corrected chi connectivity index (χ0v) is 13.4. The van der Waals surface area contributed by atoms with E-state index < -0.39 is 10.0 Å². The van der Waals surface area contributed by atoms with Gasteiger partial charge in [0.25, 0.3) is 0 Å². The van der Waals surface area contributed by atoms with Crippen molar-refractivity contribution in [1.29, 1.82) is 0 Å². The molecule has 19 heavy (non-hydrogen) atoms. The van der Waals surface area contributed by atoms with E-state index in [1.165, 1.54) is 16.7 Å². The lowest BCUT2D eigenvalue weighted by Gasteiger charge is -2.30. The maximum atomic E-state index is 10.9. The van der Waals surface area contributed by atoms with Crippen molar-refractivity contribution in [2.75, 3.05) is 18.8 Å². The van der Waals surface area contributed by atoms with Crippen LogP contribution in [0.3, 0.4) is 0 Å². The Bertz CT molecular complexity index is 572. The van der Waals surface area contributed by atoms with Gasteiger partial charge in [0.1, 0.15) is 0 Å². The molecule has 1 aromatic carbocycles. The van der Waals surface area contributed by atoms with Gasteiger partial charge in [-0.2, -0.15) is 0 Å². The summed E-state index contributed by atoms with van der Waals surface area (Å²) in [6.07, 6.45) is 1.62. The van der Waals surface area contributed by atoms with E-state index in [-0.39, 0.29) is 5.75 Å². The van der Waals surface area contributed by atoms with Crippen LogP contribution in [0.15, 0.2) is 16.6 Å². The SMILES string of the molecule is Cc1cc(Br)cc2c1CN(CCCS(N)(=O)=O)CC2. The van der Waals surface area contributed by atoms with Gasteiger partial charge in [-0.25, -0.2) is 13.6 Å². The first-order chi connectivity index (χ1) is 8.85. The molecule has 0 aliphatic carbocycles. The lowest BCUT2D eigenvalue weighted by molar-refractivity contribution is 0.254. The number of nitrogens with two attached hydrogens (primary N) is 1. The molecule has 0 unspecified atom stereocenters. The fraction of sp³-hybridized carbons (Fsp3) is 0.538. The minimum absolute atomic E-state index is 0.0652. The van der Waals surface area contributed by atoms with Gasteiger partial charge in [-0.3, -0.25) is 4.90 Å². The van der Waals surface area contributed by atoms with E-state index in [0.717, 1.165) is 30.5 Å². The molecule has 0 radical (unpaired) electrons. The fourth-order valence-corrected chi connectivity index (χ4v) is 3.70. The van der Waals surface area contributed by atoms with Gasteiger partial charge in [-0.1, -0.05) is 15.9 Å². The van der Waals surface area contributed by atoms with Gasteiger partial charge in [-0.15, -0.1) is 0 Å². The van der Waals surface area contributed by atoms with Crippen LogP contribution in [0.4, 0.5) is 0 Å². The first-order valence-corrected chi connectivity index (χ1v) is 8.87. The Hall–Kier alpha value is -0.430. The van der Waals surface area contributed by atoms with Crippen molar-refractivity contribution in [3.05, 3.63) is 33.3 Å². The molecule has 2 N–H and O–H groups in total. The van der Waals surface area contributed by atoms with Crippen LogP contribution >= 0.6 is 15.9 Å². The number of primary sulfonamides is 1. The van der Waals surface area contributed by atoms with E-state index in [4.69, 9.17) is 5.14 Å². The highest BCUT2D eigenvalue weighted by Gasteiger charge is 2.18. The lowest BCUT2D eigenvalue weighted by atomic mass is 9.95. The number of halogens is 1. The highest BCUT2D eigenvalue weighted by molar-refractivity contribution is 9.10. The Morgan fingerprint density at radius 3 is 2.84 bits per heavy atom. The molecule has 106 valence electrons. The summed E-state index contributed by atoms with van der Waals surface area (Å²) in [7, 11) is -3.33. The van der Waals surface area contributed by atoms with Gasteiger partial charge in [0.2, 0.25) is 10.0 Å². The van der Waals surface area contributed by atoms with E-state index in [1.807, 2.05) is 0 Å². The number of nitrogens with zero attached hydrogens (tertiary/aromatic N) is 1. The molecular formula is C13H19BrN2O2S. The van der Waals surface area contributed by atoms with Crippen LogP contribution in [0.25, 0.3) is 0 Å². The van der Waals surface area contributed by atoms with Crippen LogP contribution in [0, 0.1) is 6.92 Å². The monoisotopic (exact) mass is 346 g/mol. The third-order valence-electron chi connectivity index (χ3n) is 3.51. The molecule has 0 saturated carbocycles. The molecule has 0 aromatic heterocycles. The summed E-state index contributed by atoms with van der Waals surface area (Å²) in [6.45, 7) is 4.79. The summed E-state index contributed by atoms with van der Waals surface area (Å²) >= 11 is 3.53. The fourth-order valence-electron chi connectivity index (χ4n) is 2.55.